The van der Waals surface area contributed by atoms with Crippen LogP contribution in [-0.2, 0) is 4.79 Å². The van der Waals surface area contributed by atoms with Crippen molar-refractivity contribution >= 4 is 11.7 Å². The second kappa shape index (κ2) is 6.22. The number of carbonyl (C=O) groups excluding carboxylic acids is 1. The number of hydrogen-bond donors (Lipinski definition) is 0. The van der Waals surface area contributed by atoms with E-state index in [4.69, 9.17) is 4.74 Å². The van der Waals surface area contributed by atoms with Crippen molar-refractivity contribution in [1.29, 1.82) is 0 Å². The Morgan fingerprint density at radius 1 is 1.29 bits per heavy atom. The smallest absolute Gasteiger partial charge is 0.222 e. The van der Waals surface area contributed by atoms with Crippen molar-refractivity contribution in [1.82, 2.24) is 14.9 Å². The Morgan fingerprint density at radius 3 is 2.96 bits per heavy atom. The summed E-state index contributed by atoms with van der Waals surface area (Å²) in [5.74, 6) is 2.66. The van der Waals surface area contributed by atoms with Gasteiger partial charge in [0.2, 0.25) is 11.8 Å². The van der Waals surface area contributed by atoms with Crippen molar-refractivity contribution in [2.24, 2.45) is 11.3 Å². The van der Waals surface area contributed by atoms with E-state index in [0.29, 0.717) is 18.2 Å². The number of nitrogens with zero attached hydrogens (tertiary/aromatic N) is 4. The number of anilines is 1. The number of methoxy groups -OCH3 is 1. The molecule has 0 unspecified atom stereocenters. The summed E-state index contributed by atoms with van der Waals surface area (Å²) < 4.78 is 5.23. The number of rotatable bonds is 4. The summed E-state index contributed by atoms with van der Waals surface area (Å²) in [6.07, 6.45) is 8.23. The lowest BCUT2D eigenvalue weighted by Crippen LogP contribution is -2.54. The fraction of sp³-hybridized carbons (Fsp3) is 0.722. The van der Waals surface area contributed by atoms with Gasteiger partial charge in [0.1, 0.15) is 12.1 Å². The molecule has 3 aliphatic rings. The predicted molar refractivity (Wildman–Crippen MR) is 91.0 cm³/mol. The van der Waals surface area contributed by atoms with Gasteiger partial charge in [-0.1, -0.05) is 0 Å². The Morgan fingerprint density at radius 2 is 2.17 bits per heavy atom. The van der Waals surface area contributed by atoms with Gasteiger partial charge in [-0.25, -0.2) is 9.97 Å². The summed E-state index contributed by atoms with van der Waals surface area (Å²) in [6, 6.07) is 1.91. The van der Waals surface area contributed by atoms with E-state index in [9.17, 15) is 4.79 Å². The van der Waals surface area contributed by atoms with Crippen molar-refractivity contribution in [3.05, 3.63) is 12.4 Å². The van der Waals surface area contributed by atoms with E-state index in [-0.39, 0.29) is 5.41 Å². The zero-order valence-electron chi connectivity index (χ0n) is 14.4. The highest BCUT2D eigenvalue weighted by Crippen LogP contribution is 2.41. The van der Waals surface area contributed by atoms with Crippen LogP contribution in [0.4, 0.5) is 5.82 Å². The minimum atomic E-state index is 0.221. The molecule has 1 aliphatic carbocycles. The molecule has 3 heterocycles. The summed E-state index contributed by atoms with van der Waals surface area (Å²) in [5.41, 5.74) is 0.221. The fourth-order valence-electron chi connectivity index (χ4n) is 4.23. The molecule has 2 aliphatic heterocycles. The summed E-state index contributed by atoms with van der Waals surface area (Å²) >= 11 is 0. The summed E-state index contributed by atoms with van der Waals surface area (Å²) in [6.45, 7) is 3.88. The molecule has 3 fully saturated rings. The molecule has 4 rings (SSSR count). The third kappa shape index (κ3) is 3.19. The maximum Gasteiger partial charge on any atom is 0.222 e. The van der Waals surface area contributed by atoms with Crippen LogP contribution < -0.4 is 9.64 Å². The first-order valence-corrected chi connectivity index (χ1v) is 9.06. The van der Waals surface area contributed by atoms with Crippen LogP contribution in [0.2, 0.25) is 0 Å². The summed E-state index contributed by atoms with van der Waals surface area (Å²) in [4.78, 5) is 25.3. The number of hydrogen-bond acceptors (Lipinski definition) is 5. The van der Waals surface area contributed by atoms with E-state index < -0.39 is 0 Å². The second-order valence-electron chi connectivity index (χ2n) is 7.66. The van der Waals surface area contributed by atoms with E-state index in [0.717, 1.165) is 50.8 Å². The van der Waals surface area contributed by atoms with Crippen LogP contribution in [0, 0.1) is 11.3 Å². The molecule has 24 heavy (non-hydrogen) atoms. The molecule has 1 aromatic rings. The highest BCUT2D eigenvalue weighted by atomic mass is 16.5. The minimum Gasteiger partial charge on any atom is -0.481 e. The minimum absolute atomic E-state index is 0.221. The number of carbonyl (C=O) groups is 1. The number of amides is 1. The summed E-state index contributed by atoms with van der Waals surface area (Å²) in [5, 5.41) is 0. The number of piperidine rings is 2. The van der Waals surface area contributed by atoms with E-state index >= 15 is 0 Å². The van der Waals surface area contributed by atoms with Gasteiger partial charge in [-0.15, -0.1) is 0 Å². The average molecular weight is 330 g/mol. The van der Waals surface area contributed by atoms with Gasteiger partial charge in [-0.2, -0.15) is 0 Å². The molecule has 1 amide bonds. The van der Waals surface area contributed by atoms with E-state index in [2.05, 4.69) is 19.8 Å². The van der Waals surface area contributed by atoms with Gasteiger partial charge >= 0.3 is 0 Å². The number of ether oxygens (including phenoxy) is 1. The lowest BCUT2D eigenvalue weighted by molar-refractivity contribution is -0.138. The molecule has 1 saturated carbocycles. The highest BCUT2D eigenvalue weighted by Gasteiger charge is 2.43. The second-order valence-corrected chi connectivity index (χ2v) is 7.66. The molecular weight excluding hydrogens is 304 g/mol. The zero-order chi connectivity index (χ0) is 16.6. The lowest BCUT2D eigenvalue weighted by atomic mass is 9.73. The molecule has 0 N–H and O–H groups in total. The maximum absolute atomic E-state index is 12.3. The molecule has 2 saturated heterocycles. The van der Waals surface area contributed by atoms with Gasteiger partial charge < -0.3 is 14.5 Å². The number of likely N-dealkylation sites (tertiary alicyclic amines) is 1. The van der Waals surface area contributed by atoms with E-state index in [1.807, 2.05) is 6.07 Å². The third-order valence-electron chi connectivity index (χ3n) is 5.75. The first kappa shape index (κ1) is 15.7. The molecule has 130 valence electrons. The Labute approximate surface area is 143 Å². The van der Waals surface area contributed by atoms with Gasteiger partial charge in [0.15, 0.2) is 0 Å². The van der Waals surface area contributed by atoms with Crippen molar-refractivity contribution < 1.29 is 9.53 Å². The molecule has 1 spiro atoms. The SMILES string of the molecule is COc1cc(N2CCC[C@]3(CCC(=O)N(CC4CC4)C3)C2)ncn1. The van der Waals surface area contributed by atoms with Gasteiger partial charge in [0.05, 0.1) is 7.11 Å². The van der Waals surface area contributed by atoms with Crippen molar-refractivity contribution in [3.8, 4) is 5.88 Å². The van der Waals surface area contributed by atoms with Crippen LogP contribution in [0.5, 0.6) is 5.88 Å². The molecule has 1 atom stereocenters. The van der Waals surface area contributed by atoms with Gasteiger partial charge in [-0.05, 0) is 38.0 Å². The first-order valence-electron chi connectivity index (χ1n) is 9.06. The Kier molecular flexibility index (Phi) is 4.06. The maximum atomic E-state index is 12.3. The Balaban J connectivity index is 1.49. The molecular formula is C18H26N4O2. The third-order valence-corrected chi connectivity index (χ3v) is 5.75. The topological polar surface area (TPSA) is 58.6 Å². The van der Waals surface area contributed by atoms with Crippen LogP contribution in [0.25, 0.3) is 0 Å². The van der Waals surface area contributed by atoms with Crippen molar-refractivity contribution in [2.75, 3.05) is 38.2 Å². The number of aromatic nitrogens is 2. The normalized spacial score (nSPS) is 27.6. The van der Waals surface area contributed by atoms with E-state index in [1.54, 1.807) is 13.4 Å². The monoisotopic (exact) mass is 330 g/mol. The Hall–Kier alpha value is -1.85. The van der Waals surface area contributed by atoms with Crippen LogP contribution in [0.3, 0.4) is 0 Å². The largest absolute Gasteiger partial charge is 0.481 e. The molecule has 6 nitrogen and oxygen atoms in total. The van der Waals surface area contributed by atoms with Gasteiger partial charge in [0.25, 0.3) is 0 Å². The standard InChI is InChI=1S/C18H26N4O2/c1-24-16-9-15(19-13-20-16)21-8-2-6-18(11-21)7-5-17(23)22(12-18)10-14-3-4-14/h9,13-14H,2-8,10-12H2,1H3/t18-/m0/s1. The van der Waals surface area contributed by atoms with Crippen LogP contribution in [0.15, 0.2) is 12.4 Å². The molecule has 0 bridgehead atoms. The zero-order valence-corrected chi connectivity index (χ0v) is 14.4. The highest BCUT2D eigenvalue weighted by molar-refractivity contribution is 5.77. The molecule has 0 aromatic carbocycles. The van der Waals surface area contributed by atoms with E-state index in [1.165, 1.54) is 19.3 Å². The molecule has 6 heteroatoms. The average Bonchev–Trinajstić information content (AvgIpc) is 3.43. The summed E-state index contributed by atoms with van der Waals surface area (Å²) in [7, 11) is 1.63. The molecule has 1 aromatic heterocycles. The Bertz CT molecular complexity index is 619. The van der Waals surface area contributed by atoms with Crippen LogP contribution >= 0.6 is 0 Å². The van der Waals surface area contributed by atoms with Crippen LogP contribution in [0.1, 0.15) is 38.5 Å². The molecule has 0 radical (unpaired) electrons. The predicted octanol–water partition coefficient (Wildman–Crippen LogP) is 2.10. The van der Waals surface area contributed by atoms with Gasteiger partial charge in [0, 0.05) is 44.1 Å². The lowest BCUT2D eigenvalue weighted by Gasteiger charge is -2.48. The fourth-order valence-corrected chi connectivity index (χ4v) is 4.23. The van der Waals surface area contributed by atoms with Crippen molar-refractivity contribution in [2.45, 2.75) is 38.5 Å². The van der Waals surface area contributed by atoms with Gasteiger partial charge in [-0.3, -0.25) is 4.79 Å². The van der Waals surface area contributed by atoms with Crippen LogP contribution in [-0.4, -0.2) is 54.1 Å². The first-order chi connectivity index (χ1) is 11.7. The quantitative estimate of drug-likeness (QED) is 0.846. The van der Waals surface area contributed by atoms with Crippen molar-refractivity contribution in [3.63, 3.8) is 0 Å².